The highest BCUT2D eigenvalue weighted by Crippen LogP contribution is 2.29. The van der Waals surface area contributed by atoms with E-state index in [1.807, 2.05) is 36.4 Å². The molecule has 0 bridgehead atoms. The molecule has 0 aromatic heterocycles. The maximum absolute atomic E-state index is 12.7. The van der Waals surface area contributed by atoms with E-state index in [9.17, 15) is 9.00 Å². The molecule has 1 aliphatic rings. The molecule has 2 rings (SSSR count). The van der Waals surface area contributed by atoms with Crippen LogP contribution >= 0.6 is 0 Å². The lowest BCUT2D eigenvalue weighted by atomic mass is 10.1. The van der Waals surface area contributed by atoms with Gasteiger partial charge in [-0.1, -0.05) is 36.4 Å². The van der Waals surface area contributed by atoms with Gasteiger partial charge in [-0.05, 0) is 37.1 Å². The fourth-order valence-corrected chi connectivity index (χ4v) is 3.48. The van der Waals surface area contributed by atoms with Gasteiger partial charge >= 0.3 is 6.09 Å². The molecule has 25 heavy (non-hydrogen) atoms. The molecule has 0 N–H and O–H groups in total. The summed E-state index contributed by atoms with van der Waals surface area (Å²) < 4.78 is 22.6. The Morgan fingerprint density at radius 1 is 1.32 bits per heavy atom. The molecule has 0 saturated carbocycles. The Morgan fingerprint density at radius 2 is 2.00 bits per heavy atom. The minimum Gasteiger partial charge on any atom is -0.445 e. The predicted octanol–water partition coefficient (Wildman–Crippen LogP) is 3.40. The van der Waals surface area contributed by atoms with Crippen LogP contribution < -0.4 is 0 Å². The van der Waals surface area contributed by atoms with Gasteiger partial charge < -0.3 is 4.74 Å². The van der Waals surface area contributed by atoms with Crippen molar-refractivity contribution in [3.05, 3.63) is 48.6 Å². The van der Waals surface area contributed by atoms with E-state index in [1.54, 1.807) is 4.90 Å². The summed E-state index contributed by atoms with van der Waals surface area (Å²) in [6, 6.07) is 9.53. The van der Waals surface area contributed by atoms with Crippen LogP contribution in [-0.2, 0) is 25.3 Å². The number of carbonyl (C=O) groups is 1. The largest absolute Gasteiger partial charge is 0.445 e. The van der Waals surface area contributed by atoms with Crippen LogP contribution in [0.15, 0.2) is 43.0 Å². The first kappa shape index (κ1) is 19.5. The molecule has 1 unspecified atom stereocenters. The molecule has 1 aromatic rings. The number of carbonyl (C=O) groups excluding carboxylic acids is 1. The number of rotatable bonds is 8. The quantitative estimate of drug-likeness (QED) is 0.523. The fourth-order valence-electron chi connectivity index (χ4n) is 3.03. The third-order valence-electron chi connectivity index (χ3n) is 4.25. The summed E-state index contributed by atoms with van der Waals surface area (Å²) in [5, 5.41) is 0. The molecule has 6 heteroatoms. The first-order valence-electron chi connectivity index (χ1n) is 8.47. The minimum absolute atomic E-state index is 0.0904. The zero-order valence-electron chi connectivity index (χ0n) is 14.8. The number of amides is 1. The highest BCUT2D eigenvalue weighted by atomic mass is 32.2. The zero-order chi connectivity index (χ0) is 18.3. The normalized spacial score (nSPS) is 22.4. The van der Waals surface area contributed by atoms with Gasteiger partial charge in [0.25, 0.3) is 0 Å². The van der Waals surface area contributed by atoms with E-state index in [1.165, 1.54) is 6.26 Å². The SMILES string of the molecule is C=CCC[C@@H]1CC[C@H](COS(=C)(C)=O)N1C(=O)OCc1ccccc1. The minimum atomic E-state index is -2.55. The van der Waals surface area contributed by atoms with Crippen LogP contribution in [0, 0.1) is 0 Å². The van der Waals surface area contributed by atoms with E-state index in [2.05, 4.69) is 12.4 Å². The van der Waals surface area contributed by atoms with Crippen molar-refractivity contribution in [2.45, 2.75) is 44.4 Å². The van der Waals surface area contributed by atoms with Crippen molar-refractivity contribution in [3.63, 3.8) is 0 Å². The van der Waals surface area contributed by atoms with Crippen LogP contribution in [-0.4, -0.2) is 46.0 Å². The highest BCUT2D eigenvalue weighted by Gasteiger charge is 2.37. The molecule has 138 valence electrons. The predicted molar refractivity (Wildman–Crippen MR) is 102 cm³/mol. The molecule has 1 aliphatic heterocycles. The first-order valence-corrected chi connectivity index (χ1v) is 10.5. The fraction of sp³-hybridized carbons (Fsp3) is 0.474. The van der Waals surface area contributed by atoms with Crippen LogP contribution in [0.1, 0.15) is 31.2 Å². The highest BCUT2D eigenvalue weighted by molar-refractivity contribution is 7.95. The Bertz CT molecular complexity index is 672. The summed E-state index contributed by atoms with van der Waals surface area (Å²) in [5.74, 6) is 3.50. The summed E-state index contributed by atoms with van der Waals surface area (Å²) in [4.78, 5) is 14.4. The van der Waals surface area contributed by atoms with Gasteiger partial charge in [0.1, 0.15) is 6.61 Å². The third-order valence-corrected chi connectivity index (χ3v) is 4.88. The Kier molecular flexibility index (Phi) is 7.08. The third kappa shape index (κ3) is 6.21. The van der Waals surface area contributed by atoms with E-state index < -0.39 is 9.80 Å². The van der Waals surface area contributed by atoms with Crippen molar-refractivity contribution in [2.24, 2.45) is 0 Å². The second-order valence-electron chi connectivity index (χ2n) is 6.41. The van der Waals surface area contributed by atoms with Crippen molar-refractivity contribution in [3.8, 4) is 0 Å². The Hall–Kier alpha value is -1.79. The van der Waals surface area contributed by atoms with Gasteiger partial charge in [-0.3, -0.25) is 9.08 Å². The van der Waals surface area contributed by atoms with Gasteiger partial charge in [0.2, 0.25) is 0 Å². The molecule has 0 aliphatic carbocycles. The molecule has 1 heterocycles. The smallest absolute Gasteiger partial charge is 0.410 e. The lowest BCUT2D eigenvalue weighted by Crippen LogP contribution is -2.43. The maximum Gasteiger partial charge on any atom is 0.410 e. The van der Waals surface area contributed by atoms with Gasteiger partial charge in [-0.25, -0.2) is 9.00 Å². The number of benzene rings is 1. The number of hydrogen-bond acceptors (Lipinski definition) is 4. The second-order valence-corrected chi connectivity index (χ2v) is 8.50. The average molecular weight is 365 g/mol. The Labute approximate surface area is 150 Å². The number of nitrogens with zero attached hydrogens (tertiary/aromatic N) is 1. The zero-order valence-corrected chi connectivity index (χ0v) is 15.6. The van der Waals surface area contributed by atoms with Crippen LogP contribution in [0.2, 0.25) is 0 Å². The standard InChI is InChI=1S/C19H27NO4S/c1-4-5-11-17-12-13-18(15-24-25(2,3)22)20(17)19(21)23-14-16-9-7-6-8-10-16/h4,6-10,17-18H,1-2,5,11-15H2,3H3/t17-,18-,25?/m1/s1. The molecule has 0 spiro atoms. The van der Waals surface area contributed by atoms with E-state index in [0.717, 1.165) is 31.2 Å². The number of likely N-dealkylation sites (tertiary alicyclic amines) is 1. The van der Waals surface area contributed by atoms with E-state index in [0.29, 0.717) is 0 Å². The molecule has 5 nitrogen and oxygen atoms in total. The monoisotopic (exact) mass is 365 g/mol. The van der Waals surface area contributed by atoms with Crippen molar-refractivity contribution in [2.75, 3.05) is 12.9 Å². The topological polar surface area (TPSA) is 55.8 Å². The molecule has 1 fully saturated rings. The molecular formula is C19H27NO4S. The summed E-state index contributed by atoms with van der Waals surface area (Å²) in [5.41, 5.74) is 0.944. The van der Waals surface area contributed by atoms with Crippen molar-refractivity contribution < 1.29 is 17.9 Å². The molecule has 0 radical (unpaired) electrons. The van der Waals surface area contributed by atoms with Gasteiger partial charge in [-0.2, -0.15) is 0 Å². The Morgan fingerprint density at radius 3 is 2.64 bits per heavy atom. The van der Waals surface area contributed by atoms with Gasteiger partial charge in [0.15, 0.2) is 0 Å². The molecule has 1 saturated heterocycles. The van der Waals surface area contributed by atoms with E-state index >= 15 is 0 Å². The number of ether oxygens (including phenoxy) is 1. The van der Waals surface area contributed by atoms with Crippen LogP contribution in [0.5, 0.6) is 0 Å². The van der Waals surface area contributed by atoms with Crippen LogP contribution in [0.25, 0.3) is 0 Å². The average Bonchev–Trinajstić information content (AvgIpc) is 2.99. The molecule has 3 atom stereocenters. The molecular weight excluding hydrogens is 338 g/mol. The van der Waals surface area contributed by atoms with Crippen molar-refractivity contribution >= 4 is 21.8 Å². The molecule has 1 amide bonds. The Balaban J connectivity index is 2.02. The number of hydrogen-bond donors (Lipinski definition) is 0. The summed E-state index contributed by atoms with van der Waals surface area (Å²) in [7, 11) is -2.55. The van der Waals surface area contributed by atoms with E-state index in [4.69, 9.17) is 8.92 Å². The molecule has 1 aromatic carbocycles. The number of allylic oxidation sites excluding steroid dienone is 1. The lowest BCUT2D eigenvalue weighted by molar-refractivity contribution is 0.0679. The maximum atomic E-state index is 12.7. The van der Waals surface area contributed by atoms with Crippen LogP contribution in [0.3, 0.4) is 0 Å². The summed E-state index contributed by atoms with van der Waals surface area (Å²) in [6.07, 6.45) is 6.31. The second kappa shape index (κ2) is 9.06. The van der Waals surface area contributed by atoms with Crippen LogP contribution in [0.4, 0.5) is 4.79 Å². The first-order chi connectivity index (χ1) is 11.9. The van der Waals surface area contributed by atoms with Gasteiger partial charge in [0, 0.05) is 12.3 Å². The summed E-state index contributed by atoms with van der Waals surface area (Å²) in [6.45, 7) is 4.20. The van der Waals surface area contributed by atoms with Crippen molar-refractivity contribution in [1.82, 2.24) is 4.90 Å². The van der Waals surface area contributed by atoms with Gasteiger partial charge in [0.05, 0.1) is 22.5 Å². The van der Waals surface area contributed by atoms with Gasteiger partial charge in [-0.15, -0.1) is 6.58 Å². The van der Waals surface area contributed by atoms with Crippen molar-refractivity contribution in [1.29, 1.82) is 0 Å². The van der Waals surface area contributed by atoms with E-state index in [-0.39, 0.29) is 31.4 Å². The summed E-state index contributed by atoms with van der Waals surface area (Å²) >= 11 is 0. The lowest BCUT2D eigenvalue weighted by Gasteiger charge is -2.29.